The third-order valence-corrected chi connectivity index (χ3v) is 6.30. The number of rotatable bonds is 7. The van der Waals surface area contributed by atoms with Gasteiger partial charge in [-0.05, 0) is 49.4 Å². The average molecular weight is 350 g/mol. The van der Waals surface area contributed by atoms with Gasteiger partial charge in [0, 0.05) is 38.1 Å². The summed E-state index contributed by atoms with van der Waals surface area (Å²) in [5.74, 6) is 0.309. The monoisotopic (exact) mass is 349 g/mol. The van der Waals surface area contributed by atoms with Gasteiger partial charge in [-0.25, -0.2) is 0 Å². The first kappa shape index (κ1) is 17.9. The number of unbranched alkanes of at least 4 members (excludes halogenated alkanes) is 1. The van der Waals surface area contributed by atoms with Crippen LogP contribution in [-0.2, 0) is 17.9 Å². The van der Waals surface area contributed by atoms with Crippen molar-refractivity contribution in [3.63, 3.8) is 0 Å². The van der Waals surface area contributed by atoms with E-state index in [4.69, 9.17) is 0 Å². The Balaban J connectivity index is 1.60. The van der Waals surface area contributed by atoms with E-state index in [2.05, 4.69) is 28.2 Å². The van der Waals surface area contributed by atoms with E-state index in [1.165, 1.54) is 36.4 Å². The molecule has 1 atom stereocenters. The molecular formula is C19H31N3OS. The number of hydrogen-bond donors (Lipinski definition) is 0. The van der Waals surface area contributed by atoms with Crippen LogP contribution in [0.5, 0.6) is 0 Å². The lowest BCUT2D eigenvalue weighted by molar-refractivity contribution is -0.140. The number of carbonyl (C=O) groups is 1. The molecule has 3 rings (SSSR count). The number of nitrogens with zero attached hydrogens (tertiary/aromatic N) is 3. The Morgan fingerprint density at radius 1 is 1.17 bits per heavy atom. The molecule has 134 valence electrons. The normalized spacial score (nSPS) is 23.3. The quantitative estimate of drug-likeness (QED) is 0.756. The van der Waals surface area contributed by atoms with E-state index in [0.717, 1.165) is 45.4 Å². The first-order chi connectivity index (χ1) is 11.7. The average Bonchev–Trinajstić information content (AvgIpc) is 3.23. The van der Waals surface area contributed by atoms with Gasteiger partial charge < -0.3 is 4.90 Å². The Bertz CT molecular complexity index is 538. The molecule has 2 saturated heterocycles. The smallest absolute Gasteiger partial charge is 0.239 e. The summed E-state index contributed by atoms with van der Waals surface area (Å²) >= 11 is 1.86. The second-order valence-corrected chi connectivity index (χ2v) is 8.29. The zero-order valence-corrected chi connectivity index (χ0v) is 16.0. The van der Waals surface area contributed by atoms with Gasteiger partial charge in [0.2, 0.25) is 5.91 Å². The highest BCUT2D eigenvalue weighted by Crippen LogP contribution is 2.24. The van der Waals surface area contributed by atoms with E-state index in [1.807, 2.05) is 23.3 Å². The van der Waals surface area contributed by atoms with Gasteiger partial charge >= 0.3 is 0 Å². The summed E-state index contributed by atoms with van der Waals surface area (Å²) in [6, 6.07) is 2.44. The minimum Gasteiger partial charge on any atom is -0.343 e. The summed E-state index contributed by atoms with van der Waals surface area (Å²) in [5, 5.41) is 2.31. The van der Waals surface area contributed by atoms with Crippen LogP contribution in [0.3, 0.4) is 0 Å². The minimum absolute atomic E-state index is 0.0767. The Morgan fingerprint density at radius 2 is 1.96 bits per heavy atom. The summed E-state index contributed by atoms with van der Waals surface area (Å²) in [4.78, 5) is 20.8. The molecule has 0 aliphatic carbocycles. The first-order valence-electron chi connectivity index (χ1n) is 9.45. The topological polar surface area (TPSA) is 26.8 Å². The molecule has 1 aromatic heterocycles. The highest BCUT2D eigenvalue weighted by atomic mass is 32.1. The molecule has 1 amide bonds. The van der Waals surface area contributed by atoms with Crippen LogP contribution < -0.4 is 0 Å². The lowest BCUT2D eigenvalue weighted by Crippen LogP contribution is -2.55. The van der Waals surface area contributed by atoms with Crippen LogP contribution in [0.1, 0.15) is 49.5 Å². The molecule has 0 aromatic carbocycles. The number of likely N-dealkylation sites (N-methyl/N-ethyl adjacent to an activating group) is 1. The van der Waals surface area contributed by atoms with Crippen LogP contribution in [0.25, 0.3) is 0 Å². The molecule has 2 aliphatic heterocycles. The Labute approximate surface area is 150 Å². The van der Waals surface area contributed by atoms with Gasteiger partial charge in [-0.1, -0.05) is 19.8 Å². The van der Waals surface area contributed by atoms with E-state index in [9.17, 15) is 4.79 Å². The SMILES string of the molecule is CCCCC1C(=O)N(C)CCN1Cc1cc(CN2CCCC2)cs1. The van der Waals surface area contributed by atoms with E-state index >= 15 is 0 Å². The summed E-state index contributed by atoms with van der Waals surface area (Å²) in [6.07, 6.45) is 5.97. The van der Waals surface area contributed by atoms with Gasteiger partial charge in [0.1, 0.15) is 0 Å². The zero-order valence-electron chi connectivity index (χ0n) is 15.2. The molecule has 24 heavy (non-hydrogen) atoms. The number of hydrogen-bond acceptors (Lipinski definition) is 4. The third-order valence-electron chi connectivity index (χ3n) is 5.33. The van der Waals surface area contributed by atoms with Gasteiger partial charge in [0.15, 0.2) is 0 Å². The lowest BCUT2D eigenvalue weighted by atomic mass is 10.0. The van der Waals surface area contributed by atoms with E-state index in [-0.39, 0.29) is 6.04 Å². The van der Waals surface area contributed by atoms with Crippen molar-refractivity contribution < 1.29 is 4.79 Å². The first-order valence-corrected chi connectivity index (χ1v) is 10.3. The number of likely N-dealkylation sites (tertiary alicyclic amines) is 1. The van der Waals surface area contributed by atoms with Crippen molar-refractivity contribution in [2.75, 3.05) is 33.2 Å². The molecule has 0 N–H and O–H groups in total. The zero-order chi connectivity index (χ0) is 16.9. The van der Waals surface area contributed by atoms with Crippen LogP contribution in [0.4, 0.5) is 0 Å². The molecule has 0 spiro atoms. The fourth-order valence-electron chi connectivity index (χ4n) is 3.84. The van der Waals surface area contributed by atoms with Crippen molar-refractivity contribution >= 4 is 17.2 Å². The van der Waals surface area contributed by atoms with Gasteiger partial charge in [-0.15, -0.1) is 11.3 Å². The van der Waals surface area contributed by atoms with Crippen LogP contribution in [-0.4, -0.2) is 59.9 Å². The molecule has 2 fully saturated rings. The molecular weight excluding hydrogens is 318 g/mol. The van der Waals surface area contributed by atoms with Crippen molar-refractivity contribution in [1.29, 1.82) is 0 Å². The van der Waals surface area contributed by atoms with Crippen molar-refractivity contribution in [2.45, 2.75) is 58.2 Å². The van der Waals surface area contributed by atoms with E-state index < -0.39 is 0 Å². The van der Waals surface area contributed by atoms with Crippen molar-refractivity contribution in [3.05, 3.63) is 21.9 Å². The molecule has 0 saturated carbocycles. The maximum Gasteiger partial charge on any atom is 0.239 e. The number of piperazine rings is 1. The fraction of sp³-hybridized carbons (Fsp3) is 0.737. The largest absolute Gasteiger partial charge is 0.343 e. The maximum atomic E-state index is 12.5. The van der Waals surface area contributed by atoms with Gasteiger partial charge in [-0.3, -0.25) is 14.6 Å². The predicted molar refractivity (Wildman–Crippen MR) is 100 cm³/mol. The van der Waals surface area contributed by atoms with Gasteiger partial charge in [0.05, 0.1) is 6.04 Å². The molecule has 3 heterocycles. The highest BCUT2D eigenvalue weighted by Gasteiger charge is 2.32. The predicted octanol–water partition coefficient (Wildman–Crippen LogP) is 3.18. The maximum absolute atomic E-state index is 12.5. The standard InChI is InChI=1S/C19H31N3OS/c1-3-4-7-18-19(23)20(2)10-11-22(18)14-17-12-16(15-24-17)13-21-8-5-6-9-21/h12,15,18H,3-11,13-14H2,1-2H3. The molecule has 1 aromatic rings. The Kier molecular flexibility index (Phi) is 6.31. The Morgan fingerprint density at radius 3 is 2.71 bits per heavy atom. The summed E-state index contributed by atoms with van der Waals surface area (Å²) in [6.45, 7) is 8.57. The number of carbonyl (C=O) groups excluding carboxylic acids is 1. The minimum atomic E-state index is 0.0767. The third kappa shape index (κ3) is 4.38. The van der Waals surface area contributed by atoms with Crippen molar-refractivity contribution in [2.24, 2.45) is 0 Å². The van der Waals surface area contributed by atoms with Gasteiger partial charge in [-0.2, -0.15) is 0 Å². The molecule has 4 nitrogen and oxygen atoms in total. The molecule has 1 unspecified atom stereocenters. The van der Waals surface area contributed by atoms with E-state index in [0.29, 0.717) is 5.91 Å². The van der Waals surface area contributed by atoms with Crippen LogP contribution in [0, 0.1) is 0 Å². The van der Waals surface area contributed by atoms with Crippen LogP contribution >= 0.6 is 11.3 Å². The fourth-order valence-corrected chi connectivity index (χ4v) is 4.74. The van der Waals surface area contributed by atoms with Crippen LogP contribution in [0.15, 0.2) is 11.4 Å². The lowest BCUT2D eigenvalue weighted by Gasteiger charge is -2.39. The van der Waals surface area contributed by atoms with Crippen LogP contribution in [0.2, 0.25) is 0 Å². The van der Waals surface area contributed by atoms with Gasteiger partial charge in [0.25, 0.3) is 0 Å². The Hall–Kier alpha value is -0.910. The second kappa shape index (κ2) is 8.45. The second-order valence-electron chi connectivity index (χ2n) is 7.29. The summed E-state index contributed by atoms with van der Waals surface area (Å²) in [5.41, 5.74) is 1.45. The summed E-state index contributed by atoms with van der Waals surface area (Å²) < 4.78 is 0. The highest BCUT2D eigenvalue weighted by molar-refractivity contribution is 7.10. The molecule has 2 aliphatic rings. The number of thiophene rings is 1. The van der Waals surface area contributed by atoms with E-state index in [1.54, 1.807) is 0 Å². The summed E-state index contributed by atoms with van der Waals surface area (Å²) in [7, 11) is 1.94. The molecule has 0 bridgehead atoms. The van der Waals surface area contributed by atoms with Crippen molar-refractivity contribution in [3.8, 4) is 0 Å². The van der Waals surface area contributed by atoms with Crippen molar-refractivity contribution in [1.82, 2.24) is 14.7 Å². The molecule has 0 radical (unpaired) electrons. The number of amides is 1. The molecule has 5 heteroatoms.